The Balaban J connectivity index is 1.82. The van der Waals surface area contributed by atoms with E-state index in [0.717, 1.165) is 26.3 Å². The van der Waals surface area contributed by atoms with E-state index in [9.17, 15) is 0 Å². The Morgan fingerprint density at radius 2 is 1.95 bits per heavy atom. The lowest BCUT2D eigenvalue weighted by molar-refractivity contribution is 0.0611. The van der Waals surface area contributed by atoms with Gasteiger partial charge in [-0.25, -0.2) is 0 Å². The Hall–Kier alpha value is -0.160. The molecule has 0 aliphatic carbocycles. The molecule has 0 aromatic rings. The predicted octanol–water partition coefficient (Wildman–Crippen LogP) is 1.03. The fraction of sp³-hybridized carbons (Fsp3) is 1.00. The third-order valence-electron chi connectivity index (χ3n) is 4.63. The minimum Gasteiger partial charge on any atom is -0.381 e. The molecule has 2 saturated heterocycles. The molecule has 0 saturated carbocycles. The highest BCUT2D eigenvalue weighted by Gasteiger charge is 2.36. The van der Waals surface area contributed by atoms with Crippen molar-refractivity contribution in [2.24, 2.45) is 5.41 Å². The van der Waals surface area contributed by atoms with Gasteiger partial charge in [0, 0.05) is 57.3 Å². The minimum absolute atomic E-state index is 0.357. The lowest BCUT2D eigenvalue weighted by Crippen LogP contribution is -2.53. The number of hydrogen-bond acceptors (Lipinski definition) is 4. The Labute approximate surface area is 118 Å². The Kier molecular flexibility index (Phi) is 5.63. The zero-order valence-corrected chi connectivity index (χ0v) is 13.0. The van der Waals surface area contributed by atoms with Gasteiger partial charge in [-0.3, -0.25) is 4.90 Å². The van der Waals surface area contributed by atoms with Crippen molar-refractivity contribution in [3.8, 4) is 0 Å². The van der Waals surface area contributed by atoms with Crippen LogP contribution in [0.2, 0.25) is 0 Å². The van der Waals surface area contributed by atoms with Crippen molar-refractivity contribution in [1.82, 2.24) is 15.1 Å². The summed E-state index contributed by atoms with van der Waals surface area (Å²) in [6.45, 7) is 16.9. The monoisotopic (exact) mass is 269 g/mol. The van der Waals surface area contributed by atoms with Crippen molar-refractivity contribution < 1.29 is 4.74 Å². The van der Waals surface area contributed by atoms with Crippen LogP contribution >= 0.6 is 0 Å². The molecule has 2 aliphatic heterocycles. The quantitative estimate of drug-likeness (QED) is 0.779. The van der Waals surface area contributed by atoms with Crippen molar-refractivity contribution in [2.45, 2.75) is 33.2 Å². The Morgan fingerprint density at radius 3 is 2.47 bits per heavy atom. The first-order valence-corrected chi connectivity index (χ1v) is 7.90. The molecule has 2 heterocycles. The zero-order chi connectivity index (χ0) is 13.7. The van der Waals surface area contributed by atoms with Gasteiger partial charge in [-0.15, -0.1) is 0 Å². The molecule has 4 heteroatoms. The van der Waals surface area contributed by atoms with E-state index < -0.39 is 0 Å². The average Bonchev–Trinajstić information content (AvgIpc) is 2.86. The molecule has 1 atom stereocenters. The summed E-state index contributed by atoms with van der Waals surface area (Å²) in [5, 5.41) is 3.53. The van der Waals surface area contributed by atoms with Gasteiger partial charge in [0.1, 0.15) is 0 Å². The third-order valence-corrected chi connectivity index (χ3v) is 4.63. The fourth-order valence-electron chi connectivity index (χ4n) is 3.27. The second-order valence-electron chi connectivity index (χ2n) is 6.49. The average molecular weight is 269 g/mol. The fourth-order valence-corrected chi connectivity index (χ4v) is 3.27. The van der Waals surface area contributed by atoms with E-state index in [4.69, 9.17) is 4.74 Å². The molecule has 0 bridgehead atoms. The normalized spacial score (nSPS) is 30.3. The summed E-state index contributed by atoms with van der Waals surface area (Å²) in [5.74, 6) is 0. The summed E-state index contributed by atoms with van der Waals surface area (Å²) < 4.78 is 5.68. The molecule has 1 unspecified atom stereocenters. The van der Waals surface area contributed by atoms with Crippen LogP contribution in [0.25, 0.3) is 0 Å². The van der Waals surface area contributed by atoms with Crippen LogP contribution in [0.15, 0.2) is 0 Å². The van der Waals surface area contributed by atoms with Crippen molar-refractivity contribution in [3.05, 3.63) is 0 Å². The lowest BCUT2D eigenvalue weighted by Gasteiger charge is -2.41. The highest BCUT2D eigenvalue weighted by atomic mass is 16.5. The number of nitrogens with zero attached hydrogens (tertiary/aromatic N) is 2. The smallest absolute Gasteiger partial charge is 0.0547 e. The highest BCUT2D eigenvalue weighted by molar-refractivity contribution is 4.89. The SMILES string of the molecule is CCNCC1(CN2CCN(C(C)C)CC2)CCOC1. The van der Waals surface area contributed by atoms with Gasteiger partial charge in [-0.2, -0.15) is 0 Å². The van der Waals surface area contributed by atoms with Gasteiger partial charge >= 0.3 is 0 Å². The highest BCUT2D eigenvalue weighted by Crippen LogP contribution is 2.29. The second kappa shape index (κ2) is 7.02. The summed E-state index contributed by atoms with van der Waals surface area (Å²) in [7, 11) is 0. The molecular formula is C15H31N3O. The van der Waals surface area contributed by atoms with Crippen LogP contribution in [-0.4, -0.2) is 74.9 Å². The van der Waals surface area contributed by atoms with Gasteiger partial charge in [0.15, 0.2) is 0 Å². The van der Waals surface area contributed by atoms with E-state index in [-0.39, 0.29) is 0 Å². The van der Waals surface area contributed by atoms with Crippen LogP contribution in [0.3, 0.4) is 0 Å². The van der Waals surface area contributed by atoms with Gasteiger partial charge in [0.2, 0.25) is 0 Å². The van der Waals surface area contributed by atoms with E-state index in [1.54, 1.807) is 0 Å². The maximum atomic E-state index is 5.68. The van der Waals surface area contributed by atoms with E-state index >= 15 is 0 Å². The summed E-state index contributed by atoms with van der Waals surface area (Å²) in [5.41, 5.74) is 0.357. The molecule has 4 nitrogen and oxygen atoms in total. The van der Waals surface area contributed by atoms with E-state index in [1.165, 1.54) is 39.1 Å². The van der Waals surface area contributed by atoms with Crippen LogP contribution in [0, 0.1) is 5.41 Å². The molecule has 19 heavy (non-hydrogen) atoms. The summed E-state index contributed by atoms with van der Waals surface area (Å²) in [4.78, 5) is 5.23. The number of hydrogen-bond donors (Lipinski definition) is 1. The standard InChI is InChI=1S/C15H31N3O/c1-4-16-11-15(5-10-19-13-15)12-17-6-8-18(9-7-17)14(2)3/h14,16H,4-13H2,1-3H3. The first-order chi connectivity index (χ1) is 9.15. The number of piperazine rings is 1. The topological polar surface area (TPSA) is 27.7 Å². The lowest BCUT2D eigenvalue weighted by atomic mass is 9.86. The van der Waals surface area contributed by atoms with E-state index in [1.807, 2.05) is 0 Å². The maximum absolute atomic E-state index is 5.68. The van der Waals surface area contributed by atoms with E-state index in [2.05, 4.69) is 35.9 Å². The largest absolute Gasteiger partial charge is 0.381 e. The van der Waals surface area contributed by atoms with Gasteiger partial charge in [0.05, 0.1) is 6.61 Å². The van der Waals surface area contributed by atoms with Crippen molar-refractivity contribution in [1.29, 1.82) is 0 Å². The molecule has 0 radical (unpaired) electrons. The molecule has 0 aromatic heterocycles. The predicted molar refractivity (Wildman–Crippen MR) is 79.6 cm³/mol. The van der Waals surface area contributed by atoms with Crippen LogP contribution in [-0.2, 0) is 4.74 Å². The van der Waals surface area contributed by atoms with Gasteiger partial charge in [0.25, 0.3) is 0 Å². The molecule has 2 aliphatic rings. The van der Waals surface area contributed by atoms with Gasteiger partial charge < -0.3 is 15.0 Å². The van der Waals surface area contributed by atoms with Crippen molar-refractivity contribution in [3.63, 3.8) is 0 Å². The van der Waals surface area contributed by atoms with Gasteiger partial charge in [-0.05, 0) is 26.8 Å². The van der Waals surface area contributed by atoms with Crippen LogP contribution < -0.4 is 5.32 Å². The Bertz CT molecular complexity index is 256. The van der Waals surface area contributed by atoms with Crippen LogP contribution in [0.5, 0.6) is 0 Å². The molecule has 2 rings (SSSR count). The maximum Gasteiger partial charge on any atom is 0.0547 e. The summed E-state index contributed by atoms with van der Waals surface area (Å²) in [6.07, 6.45) is 1.21. The number of nitrogens with one attached hydrogen (secondary N) is 1. The first kappa shape index (κ1) is 15.2. The second-order valence-corrected chi connectivity index (χ2v) is 6.49. The number of rotatable bonds is 6. The van der Waals surface area contributed by atoms with Crippen LogP contribution in [0.4, 0.5) is 0 Å². The van der Waals surface area contributed by atoms with Crippen molar-refractivity contribution in [2.75, 3.05) is 59.0 Å². The minimum atomic E-state index is 0.357. The third kappa shape index (κ3) is 4.15. The van der Waals surface area contributed by atoms with Crippen LogP contribution in [0.1, 0.15) is 27.2 Å². The molecular weight excluding hydrogens is 238 g/mol. The molecule has 2 fully saturated rings. The molecule has 0 amide bonds. The summed E-state index contributed by atoms with van der Waals surface area (Å²) >= 11 is 0. The zero-order valence-electron chi connectivity index (χ0n) is 13.0. The van der Waals surface area contributed by atoms with Crippen molar-refractivity contribution >= 4 is 0 Å². The molecule has 0 aromatic carbocycles. The summed E-state index contributed by atoms with van der Waals surface area (Å²) in [6, 6.07) is 0.688. The molecule has 1 N–H and O–H groups in total. The molecule has 0 spiro atoms. The Morgan fingerprint density at radius 1 is 1.21 bits per heavy atom. The molecule has 112 valence electrons. The number of ether oxygens (including phenoxy) is 1. The van der Waals surface area contributed by atoms with Gasteiger partial charge in [-0.1, -0.05) is 6.92 Å². The van der Waals surface area contributed by atoms with E-state index in [0.29, 0.717) is 11.5 Å². The first-order valence-electron chi connectivity index (χ1n) is 7.90.